The van der Waals surface area contributed by atoms with E-state index in [4.69, 9.17) is 11.8 Å². The summed E-state index contributed by atoms with van der Waals surface area (Å²) in [4.78, 5) is 21.0. The molecule has 1 unspecified atom stereocenters. The maximum Gasteiger partial charge on any atom is 0.399 e. The number of unbranched alkanes of at least 4 members (excludes halogenated alkanes) is 11. The van der Waals surface area contributed by atoms with Gasteiger partial charge in [-0.25, -0.2) is 0 Å². The van der Waals surface area contributed by atoms with E-state index in [1.807, 2.05) is 30.3 Å². The lowest BCUT2D eigenvalue weighted by molar-refractivity contribution is 0.501. The molecule has 0 bridgehead atoms. The van der Waals surface area contributed by atoms with Gasteiger partial charge in [-0.05, 0) is 25.0 Å². The molecule has 144 valence electrons. The minimum Gasteiger partial charge on any atom is -0.307 e. The Labute approximate surface area is 162 Å². The van der Waals surface area contributed by atoms with Crippen LogP contribution in [0.4, 0.5) is 0 Å². The molecule has 1 aromatic rings. The van der Waals surface area contributed by atoms with Crippen molar-refractivity contribution in [3.05, 3.63) is 30.3 Å². The number of rotatable bonds is 15. The quantitative estimate of drug-likeness (QED) is 0.197. The second-order valence-electron chi connectivity index (χ2n) is 6.76. The first-order valence-electron chi connectivity index (χ1n) is 9.88. The maximum atomic E-state index is 10.0. The van der Waals surface area contributed by atoms with E-state index in [1.165, 1.54) is 70.6 Å². The summed E-state index contributed by atoms with van der Waals surface area (Å²) in [5, 5.41) is 0. The van der Waals surface area contributed by atoms with Gasteiger partial charge in [-0.1, -0.05) is 89.3 Å². The molecular formula is C20H36O2PS2+. The van der Waals surface area contributed by atoms with Crippen molar-refractivity contribution < 1.29 is 9.79 Å². The van der Waals surface area contributed by atoms with Crippen LogP contribution < -0.4 is 0 Å². The van der Waals surface area contributed by atoms with Crippen molar-refractivity contribution in [3.8, 4) is 0 Å². The first-order valence-corrected chi connectivity index (χ1v) is 14.6. The fraction of sp³-hybridized carbons (Fsp3) is 0.700. The maximum absolute atomic E-state index is 10.0. The third-order valence-corrected chi connectivity index (χ3v) is 11.1. The SMILES string of the molecule is CCCCCCCCCCCCCC[S+](c1ccccc1)P(O)(O)=S. The second-order valence-corrected chi connectivity index (χ2v) is 14.4. The van der Waals surface area contributed by atoms with E-state index in [2.05, 4.69) is 6.92 Å². The summed E-state index contributed by atoms with van der Waals surface area (Å²) >= 11 is 5.01. The highest BCUT2D eigenvalue weighted by Gasteiger charge is 2.36. The predicted molar refractivity (Wildman–Crippen MR) is 117 cm³/mol. The van der Waals surface area contributed by atoms with Crippen LogP contribution in [0.3, 0.4) is 0 Å². The minimum atomic E-state index is -3.22. The van der Waals surface area contributed by atoms with Crippen molar-refractivity contribution in [1.29, 1.82) is 0 Å². The molecule has 5 heteroatoms. The highest BCUT2D eigenvalue weighted by atomic mass is 32.9. The normalized spacial score (nSPS) is 13.1. The van der Waals surface area contributed by atoms with Gasteiger partial charge in [-0.2, -0.15) is 0 Å². The van der Waals surface area contributed by atoms with Gasteiger partial charge in [0.05, 0.1) is 0 Å². The molecular weight excluding hydrogens is 367 g/mol. The molecule has 0 amide bonds. The zero-order valence-electron chi connectivity index (χ0n) is 15.7. The average molecular weight is 404 g/mol. The van der Waals surface area contributed by atoms with Crippen LogP contribution in [0.15, 0.2) is 35.2 Å². The molecule has 1 aromatic carbocycles. The van der Waals surface area contributed by atoms with Gasteiger partial charge in [0.15, 0.2) is 4.90 Å². The summed E-state index contributed by atoms with van der Waals surface area (Å²) in [6.07, 6.45) is 15.8. The second kappa shape index (κ2) is 14.2. The summed E-state index contributed by atoms with van der Waals surface area (Å²) in [6.45, 7) is 2.26. The van der Waals surface area contributed by atoms with Crippen molar-refractivity contribution in [3.63, 3.8) is 0 Å². The lowest BCUT2D eigenvalue weighted by atomic mass is 10.1. The van der Waals surface area contributed by atoms with Gasteiger partial charge in [-0.15, -0.1) is 0 Å². The van der Waals surface area contributed by atoms with Gasteiger partial charge in [0.25, 0.3) is 0 Å². The Morgan fingerprint density at radius 3 is 1.64 bits per heavy atom. The highest BCUT2D eigenvalue weighted by Crippen LogP contribution is 2.50. The fourth-order valence-electron chi connectivity index (χ4n) is 3.03. The van der Waals surface area contributed by atoms with E-state index in [-0.39, 0.29) is 0 Å². The zero-order chi connectivity index (χ0) is 18.4. The van der Waals surface area contributed by atoms with Crippen LogP contribution in [0, 0.1) is 0 Å². The molecule has 2 N–H and O–H groups in total. The van der Waals surface area contributed by atoms with E-state index in [0.29, 0.717) is 0 Å². The summed E-state index contributed by atoms with van der Waals surface area (Å²) < 4.78 is 0. The van der Waals surface area contributed by atoms with E-state index in [0.717, 1.165) is 17.1 Å². The zero-order valence-corrected chi connectivity index (χ0v) is 18.3. The van der Waals surface area contributed by atoms with Gasteiger partial charge in [0.2, 0.25) is 0 Å². The third-order valence-electron chi connectivity index (χ3n) is 4.49. The van der Waals surface area contributed by atoms with E-state index in [1.54, 1.807) is 0 Å². The van der Waals surface area contributed by atoms with Crippen molar-refractivity contribution in [2.45, 2.75) is 88.9 Å². The van der Waals surface area contributed by atoms with Crippen LogP contribution in [0.25, 0.3) is 0 Å². The summed E-state index contributed by atoms with van der Waals surface area (Å²) in [6, 6.07) is 9.78. The van der Waals surface area contributed by atoms with Crippen molar-refractivity contribution >= 4 is 28.0 Å². The largest absolute Gasteiger partial charge is 0.399 e. The molecule has 0 fully saturated rings. The molecule has 0 radical (unpaired) electrons. The van der Waals surface area contributed by atoms with Gasteiger partial charge < -0.3 is 9.79 Å². The number of hydrogen-bond donors (Lipinski definition) is 2. The molecule has 25 heavy (non-hydrogen) atoms. The van der Waals surface area contributed by atoms with E-state index < -0.39 is 16.2 Å². The molecule has 0 saturated carbocycles. The highest BCUT2D eigenvalue weighted by molar-refractivity contribution is 8.65. The van der Waals surface area contributed by atoms with Crippen molar-refractivity contribution in [1.82, 2.24) is 0 Å². The first kappa shape index (κ1) is 23.2. The summed E-state index contributed by atoms with van der Waals surface area (Å²) in [5.41, 5.74) is -3.22. The fourth-order valence-corrected chi connectivity index (χ4v) is 8.46. The standard InChI is InChI=1S/C20H35O2PS2/c1-2-3-4-5-6-7-8-9-10-11-12-16-19-25(23(21,22)24)20-17-14-13-15-18-20/h13-15,17-18H,2-12,16,19H2,1H3,(H-,21,22,24)/p+1. The van der Waals surface area contributed by atoms with Crippen LogP contribution in [0.2, 0.25) is 0 Å². The van der Waals surface area contributed by atoms with Crippen LogP contribution in [0.5, 0.6) is 0 Å². The molecule has 0 aliphatic carbocycles. The van der Waals surface area contributed by atoms with E-state index >= 15 is 0 Å². The van der Waals surface area contributed by atoms with Crippen molar-refractivity contribution in [2.75, 3.05) is 5.75 Å². The Balaban J connectivity index is 2.08. The third kappa shape index (κ3) is 11.5. The number of hydrogen-bond acceptors (Lipinski definition) is 1. The topological polar surface area (TPSA) is 40.5 Å². The Morgan fingerprint density at radius 2 is 1.20 bits per heavy atom. The molecule has 0 spiro atoms. The Hall–Kier alpha value is 0.140. The lowest BCUT2D eigenvalue weighted by Crippen LogP contribution is -2.08. The van der Waals surface area contributed by atoms with Crippen molar-refractivity contribution in [2.24, 2.45) is 0 Å². The smallest absolute Gasteiger partial charge is 0.307 e. The number of benzene rings is 1. The lowest BCUT2D eigenvalue weighted by Gasteiger charge is -2.11. The summed E-state index contributed by atoms with van der Waals surface area (Å²) in [7, 11) is -0.583. The van der Waals surface area contributed by atoms with Gasteiger partial charge in [0, 0.05) is 11.8 Å². The molecule has 1 atom stereocenters. The Bertz CT molecular complexity index is 476. The van der Waals surface area contributed by atoms with Crippen LogP contribution in [0.1, 0.15) is 84.0 Å². The Kier molecular flexibility index (Phi) is 13.2. The minimum absolute atomic E-state index is 0.583. The van der Waals surface area contributed by atoms with Gasteiger partial charge in [0.1, 0.15) is 16.3 Å². The predicted octanol–water partition coefficient (Wildman–Crippen LogP) is 6.57. The van der Waals surface area contributed by atoms with Crippen LogP contribution >= 0.6 is 5.69 Å². The molecule has 2 nitrogen and oxygen atoms in total. The molecule has 0 saturated heterocycles. The van der Waals surface area contributed by atoms with Crippen LogP contribution in [-0.2, 0) is 22.3 Å². The van der Waals surface area contributed by atoms with Gasteiger partial charge in [-0.3, -0.25) is 0 Å². The molecule has 0 aliphatic heterocycles. The molecule has 0 aromatic heterocycles. The van der Waals surface area contributed by atoms with Gasteiger partial charge >= 0.3 is 5.69 Å². The molecule has 0 aliphatic rings. The van der Waals surface area contributed by atoms with Crippen LogP contribution in [-0.4, -0.2) is 15.5 Å². The molecule has 1 rings (SSSR count). The average Bonchev–Trinajstić information content (AvgIpc) is 2.58. The molecule has 0 heterocycles. The summed E-state index contributed by atoms with van der Waals surface area (Å²) in [5.74, 6) is 0.811. The Morgan fingerprint density at radius 1 is 0.760 bits per heavy atom. The first-order chi connectivity index (χ1) is 12.1. The monoisotopic (exact) mass is 403 g/mol. The van der Waals surface area contributed by atoms with E-state index in [9.17, 15) is 9.79 Å².